The van der Waals surface area contributed by atoms with Crippen molar-refractivity contribution >= 4 is 15.5 Å². The van der Waals surface area contributed by atoms with Crippen LogP contribution in [0.3, 0.4) is 0 Å². The Balaban J connectivity index is 2.56. The SMILES string of the molecule is CC(C)S(=O)(=O)CCN=C1CCCCCCCC1N. The third-order valence-electron chi connectivity index (χ3n) is 3.78. The molecule has 0 radical (unpaired) electrons. The largest absolute Gasteiger partial charge is 0.323 e. The molecule has 1 aliphatic carbocycles. The van der Waals surface area contributed by atoms with Crippen LogP contribution in [0.15, 0.2) is 4.99 Å². The van der Waals surface area contributed by atoms with Gasteiger partial charge >= 0.3 is 0 Å². The van der Waals surface area contributed by atoms with Crippen LogP contribution in [0.5, 0.6) is 0 Å². The zero-order chi connectivity index (χ0) is 14.3. The van der Waals surface area contributed by atoms with Crippen molar-refractivity contribution in [3.05, 3.63) is 0 Å². The first-order valence-corrected chi connectivity index (χ1v) is 9.15. The smallest absolute Gasteiger partial charge is 0.154 e. The summed E-state index contributed by atoms with van der Waals surface area (Å²) in [5.41, 5.74) is 7.18. The summed E-state index contributed by atoms with van der Waals surface area (Å²) in [5.74, 6) is 0.140. The van der Waals surface area contributed by atoms with Gasteiger partial charge in [0.05, 0.1) is 17.5 Å². The van der Waals surface area contributed by atoms with Crippen LogP contribution >= 0.6 is 0 Å². The molecule has 0 aliphatic heterocycles. The maximum Gasteiger partial charge on any atom is 0.154 e. The molecule has 0 bridgehead atoms. The third-order valence-corrected chi connectivity index (χ3v) is 5.97. The van der Waals surface area contributed by atoms with Crippen molar-refractivity contribution in [1.29, 1.82) is 0 Å². The maximum atomic E-state index is 11.7. The minimum atomic E-state index is -2.99. The summed E-state index contributed by atoms with van der Waals surface area (Å²) < 4.78 is 23.5. The molecule has 0 heterocycles. The summed E-state index contributed by atoms with van der Waals surface area (Å²) in [6.07, 6.45) is 7.97. The molecule has 0 aromatic carbocycles. The van der Waals surface area contributed by atoms with Crippen LogP contribution in [-0.2, 0) is 9.84 Å². The molecule has 5 heteroatoms. The lowest BCUT2D eigenvalue weighted by Crippen LogP contribution is -2.31. The molecule has 1 fully saturated rings. The normalized spacial score (nSPS) is 25.1. The number of nitrogens with zero attached hydrogens (tertiary/aromatic N) is 1. The Labute approximate surface area is 117 Å². The Kier molecular flexibility index (Phi) is 7.00. The highest BCUT2D eigenvalue weighted by Crippen LogP contribution is 2.15. The van der Waals surface area contributed by atoms with Crippen molar-refractivity contribution in [2.24, 2.45) is 10.7 Å². The molecule has 0 amide bonds. The predicted molar refractivity (Wildman–Crippen MR) is 81.5 cm³/mol. The van der Waals surface area contributed by atoms with Gasteiger partial charge in [0.15, 0.2) is 9.84 Å². The van der Waals surface area contributed by atoms with E-state index in [4.69, 9.17) is 5.73 Å². The second-order valence-corrected chi connectivity index (χ2v) is 8.38. The molecule has 0 saturated heterocycles. The quantitative estimate of drug-likeness (QED) is 0.863. The highest BCUT2D eigenvalue weighted by molar-refractivity contribution is 7.92. The van der Waals surface area contributed by atoms with Crippen LogP contribution in [0.2, 0.25) is 0 Å². The van der Waals surface area contributed by atoms with Crippen LogP contribution < -0.4 is 5.73 Å². The van der Waals surface area contributed by atoms with E-state index in [1.54, 1.807) is 13.8 Å². The molecular weight excluding hydrogens is 260 g/mol. The van der Waals surface area contributed by atoms with E-state index in [9.17, 15) is 8.42 Å². The second-order valence-electron chi connectivity index (χ2n) is 5.70. The van der Waals surface area contributed by atoms with Gasteiger partial charge in [0.1, 0.15) is 0 Å². The molecule has 2 N–H and O–H groups in total. The molecule has 1 rings (SSSR count). The molecular formula is C14H28N2O2S. The van der Waals surface area contributed by atoms with Crippen LogP contribution in [0.25, 0.3) is 0 Å². The van der Waals surface area contributed by atoms with Gasteiger partial charge in [-0.1, -0.05) is 25.7 Å². The number of nitrogens with two attached hydrogens (primary N) is 1. The summed E-state index contributed by atoms with van der Waals surface area (Å²) in [6, 6.07) is 0.0276. The van der Waals surface area contributed by atoms with E-state index in [1.165, 1.54) is 19.3 Å². The summed E-state index contributed by atoms with van der Waals surface area (Å²) >= 11 is 0. The number of rotatable bonds is 4. The van der Waals surface area contributed by atoms with Crippen molar-refractivity contribution in [3.63, 3.8) is 0 Å². The average molecular weight is 288 g/mol. The lowest BCUT2D eigenvalue weighted by molar-refractivity contribution is 0.587. The standard InChI is InChI=1S/C14H28N2O2S/c1-12(2)19(17,18)11-10-16-14-9-7-5-3-4-6-8-13(14)15/h12-13H,3-11,15H2,1-2H3. The van der Waals surface area contributed by atoms with E-state index >= 15 is 0 Å². The van der Waals surface area contributed by atoms with Gasteiger partial charge in [-0.15, -0.1) is 0 Å². The average Bonchev–Trinajstić information content (AvgIpc) is 2.43. The molecule has 4 nitrogen and oxygen atoms in total. The van der Waals surface area contributed by atoms with Gasteiger partial charge in [-0.2, -0.15) is 0 Å². The first kappa shape index (κ1) is 16.6. The topological polar surface area (TPSA) is 72.5 Å². The Bertz CT molecular complexity index is 388. The van der Waals surface area contributed by atoms with E-state index in [0.717, 1.165) is 31.4 Å². The molecule has 112 valence electrons. The van der Waals surface area contributed by atoms with Gasteiger partial charge in [0.2, 0.25) is 0 Å². The van der Waals surface area contributed by atoms with Gasteiger partial charge in [0.25, 0.3) is 0 Å². The predicted octanol–water partition coefficient (Wildman–Crippen LogP) is 2.32. The Morgan fingerprint density at radius 2 is 1.84 bits per heavy atom. The van der Waals surface area contributed by atoms with E-state index in [2.05, 4.69) is 4.99 Å². The molecule has 0 aromatic rings. The van der Waals surface area contributed by atoms with Crippen LogP contribution in [0.4, 0.5) is 0 Å². The van der Waals surface area contributed by atoms with Crippen LogP contribution in [0, 0.1) is 0 Å². The van der Waals surface area contributed by atoms with Gasteiger partial charge in [-0.3, -0.25) is 4.99 Å². The summed E-state index contributed by atoms with van der Waals surface area (Å²) in [4.78, 5) is 4.49. The Hall–Kier alpha value is -0.420. The van der Waals surface area contributed by atoms with E-state index < -0.39 is 9.84 Å². The van der Waals surface area contributed by atoms with Gasteiger partial charge < -0.3 is 5.73 Å². The fourth-order valence-corrected chi connectivity index (χ4v) is 3.12. The zero-order valence-electron chi connectivity index (χ0n) is 12.3. The monoisotopic (exact) mass is 288 g/mol. The van der Waals surface area contributed by atoms with Gasteiger partial charge in [0, 0.05) is 11.8 Å². The molecule has 1 unspecified atom stereocenters. The van der Waals surface area contributed by atoms with Crippen LogP contribution in [0.1, 0.15) is 58.8 Å². The summed E-state index contributed by atoms with van der Waals surface area (Å²) in [6.45, 7) is 3.80. The summed E-state index contributed by atoms with van der Waals surface area (Å²) in [5, 5.41) is -0.318. The molecule has 0 aromatic heterocycles. The van der Waals surface area contributed by atoms with Crippen molar-refractivity contribution in [1.82, 2.24) is 0 Å². The van der Waals surface area contributed by atoms with Crippen molar-refractivity contribution < 1.29 is 8.42 Å². The molecule has 1 saturated carbocycles. The molecule has 1 aliphatic rings. The highest BCUT2D eigenvalue weighted by atomic mass is 32.2. The van der Waals surface area contributed by atoms with Crippen molar-refractivity contribution in [2.75, 3.05) is 12.3 Å². The maximum absolute atomic E-state index is 11.7. The lowest BCUT2D eigenvalue weighted by atomic mass is 10.0. The second kappa shape index (κ2) is 8.00. The fourth-order valence-electron chi connectivity index (χ4n) is 2.30. The fraction of sp³-hybridized carbons (Fsp3) is 0.929. The number of aliphatic imine (C=N–C) groups is 1. The minimum absolute atomic E-state index is 0.0276. The number of hydrogen-bond acceptors (Lipinski definition) is 4. The molecule has 19 heavy (non-hydrogen) atoms. The first-order valence-electron chi connectivity index (χ1n) is 7.44. The third kappa shape index (κ3) is 6.04. The molecule has 1 atom stereocenters. The minimum Gasteiger partial charge on any atom is -0.323 e. The Morgan fingerprint density at radius 3 is 2.53 bits per heavy atom. The lowest BCUT2D eigenvalue weighted by Gasteiger charge is -2.14. The Morgan fingerprint density at radius 1 is 1.21 bits per heavy atom. The van der Waals surface area contributed by atoms with Crippen LogP contribution in [-0.4, -0.2) is 37.7 Å². The first-order chi connectivity index (χ1) is 8.93. The molecule has 0 spiro atoms. The zero-order valence-corrected chi connectivity index (χ0v) is 13.1. The van der Waals surface area contributed by atoms with E-state index in [1.807, 2.05) is 0 Å². The van der Waals surface area contributed by atoms with Gasteiger partial charge in [-0.05, 0) is 33.1 Å². The highest BCUT2D eigenvalue weighted by Gasteiger charge is 2.16. The van der Waals surface area contributed by atoms with Crippen molar-refractivity contribution in [3.8, 4) is 0 Å². The number of sulfone groups is 1. The van der Waals surface area contributed by atoms with Gasteiger partial charge in [-0.25, -0.2) is 8.42 Å². The van der Waals surface area contributed by atoms with E-state index in [-0.39, 0.29) is 17.0 Å². The van der Waals surface area contributed by atoms with Crippen molar-refractivity contribution in [2.45, 2.75) is 70.1 Å². The summed E-state index contributed by atoms with van der Waals surface area (Å²) in [7, 11) is -2.99. The van der Waals surface area contributed by atoms with E-state index in [0.29, 0.717) is 6.54 Å². The number of hydrogen-bond donors (Lipinski definition) is 1.